The van der Waals surface area contributed by atoms with Crippen LogP contribution >= 0.6 is 7.60 Å². The Labute approximate surface area is 162 Å². The van der Waals surface area contributed by atoms with Crippen LogP contribution in [0.1, 0.15) is 44.6 Å². The van der Waals surface area contributed by atoms with Crippen LogP contribution in [0.25, 0.3) is 0 Å². The van der Waals surface area contributed by atoms with Crippen LogP contribution in [0.15, 0.2) is 54.6 Å². The molecule has 2 rings (SSSR count). The molecule has 0 saturated carbocycles. The molecule has 6 heteroatoms. The van der Waals surface area contributed by atoms with Crippen molar-refractivity contribution in [3.05, 3.63) is 65.7 Å². The second-order valence-electron chi connectivity index (χ2n) is 6.89. The third-order valence-corrected chi connectivity index (χ3v) is 6.35. The predicted molar refractivity (Wildman–Crippen MR) is 109 cm³/mol. The fraction of sp³-hybridized carbons (Fsp3) is 0.429. The second-order valence-corrected chi connectivity index (χ2v) is 8.91. The van der Waals surface area contributed by atoms with Crippen LogP contribution in [0.3, 0.4) is 0 Å². The van der Waals surface area contributed by atoms with Crippen molar-refractivity contribution < 1.29 is 18.3 Å². The first kappa shape index (κ1) is 21.6. The van der Waals surface area contributed by atoms with Crippen molar-refractivity contribution in [3.8, 4) is 5.75 Å². The van der Waals surface area contributed by atoms with E-state index in [2.05, 4.69) is 5.32 Å². The molecular weight excluding hydrogens is 361 g/mol. The summed E-state index contributed by atoms with van der Waals surface area (Å²) in [5.74, 6) is 0.151. The lowest BCUT2D eigenvalue weighted by atomic mass is 10.2. The lowest BCUT2D eigenvalue weighted by molar-refractivity contribution is 0.133. The number of hydrogen-bond donors (Lipinski definition) is 1. The lowest BCUT2D eigenvalue weighted by Crippen LogP contribution is -2.25. The van der Waals surface area contributed by atoms with Gasteiger partial charge in [-0.05, 0) is 51.0 Å². The molecule has 0 fully saturated rings. The summed E-state index contributed by atoms with van der Waals surface area (Å²) in [4.78, 5) is 0. The predicted octanol–water partition coefficient (Wildman–Crippen LogP) is 5.53. The Kier molecular flexibility index (Phi) is 8.06. The van der Waals surface area contributed by atoms with Crippen molar-refractivity contribution in [1.82, 2.24) is 5.32 Å². The molecule has 0 saturated heterocycles. The molecule has 0 aliphatic rings. The number of rotatable bonds is 10. The van der Waals surface area contributed by atoms with Crippen molar-refractivity contribution in [3.63, 3.8) is 0 Å². The van der Waals surface area contributed by atoms with E-state index in [4.69, 9.17) is 13.8 Å². The summed E-state index contributed by atoms with van der Waals surface area (Å²) < 4.78 is 30.7. The topological polar surface area (TPSA) is 56.8 Å². The monoisotopic (exact) mass is 391 g/mol. The highest BCUT2D eigenvalue weighted by molar-refractivity contribution is 7.54. The molecule has 2 aromatic rings. The van der Waals surface area contributed by atoms with Crippen molar-refractivity contribution in [1.29, 1.82) is 0 Å². The molecule has 0 unspecified atom stereocenters. The molecule has 0 aromatic heterocycles. The van der Waals surface area contributed by atoms with Gasteiger partial charge in [0.25, 0.3) is 0 Å². The van der Waals surface area contributed by atoms with E-state index in [0.717, 1.165) is 16.9 Å². The van der Waals surface area contributed by atoms with Gasteiger partial charge in [0.1, 0.15) is 11.5 Å². The van der Waals surface area contributed by atoms with Gasteiger partial charge in [-0.1, -0.05) is 42.5 Å². The molecule has 27 heavy (non-hydrogen) atoms. The van der Waals surface area contributed by atoms with E-state index in [9.17, 15) is 4.57 Å². The fourth-order valence-corrected chi connectivity index (χ4v) is 5.06. The van der Waals surface area contributed by atoms with Crippen molar-refractivity contribution in [2.75, 3.05) is 7.11 Å². The summed E-state index contributed by atoms with van der Waals surface area (Å²) in [6.07, 6.45) is -0.456. The van der Waals surface area contributed by atoms with Gasteiger partial charge in [0.05, 0.1) is 19.3 Å². The van der Waals surface area contributed by atoms with Crippen LogP contribution in [-0.4, -0.2) is 19.3 Å². The smallest absolute Gasteiger partial charge is 0.352 e. The van der Waals surface area contributed by atoms with Crippen LogP contribution < -0.4 is 10.1 Å². The van der Waals surface area contributed by atoms with Gasteiger partial charge < -0.3 is 13.8 Å². The molecule has 0 heterocycles. The Morgan fingerprint density at radius 3 is 1.93 bits per heavy atom. The van der Waals surface area contributed by atoms with Crippen LogP contribution in [0.2, 0.25) is 0 Å². The quantitative estimate of drug-likeness (QED) is 0.540. The van der Waals surface area contributed by atoms with Gasteiger partial charge in [-0.15, -0.1) is 0 Å². The van der Waals surface area contributed by atoms with Gasteiger partial charge in [-0.3, -0.25) is 9.88 Å². The van der Waals surface area contributed by atoms with Gasteiger partial charge in [0.15, 0.2) is 0 Å². The molecule has 0 amide bonds. The Bertz CT molecular complexity index is 718. The summed E-state index contributed by atoms with van der Waals surface area (Å²) in [5.41, 5.74) is 1.92. The van der Waals surface area contributed by atoms with Gasteiger partial charge in [-0.25, -0.2) is 0 Å². The average molecular weight is 391 g/mol. The summed E-state index contributed by atoms with van der Waals surface area (Å²) >= 11 is 0. The molecule has 1 N–H and O–H groups in total. The number of benzene rings is 2. The first-order chi connectivity index (χ1) is 12.8. The number of nitrogens with one attached hydrogen (secondary N) is 1. The summed E-state index contributed by atoms with van der Waals surface area (Å²) in [6.45, 7) is 7.99. The van der Waals surface area contributed by atoms with Gasteiger partial charge in [0, 0.05) is 6.54 Å². The molecule has 1 atom stereocenters. The minimum Gasteiger partial charge on any atom is -0.497 e. The fourth-order valence-electron chi connectivity index (χ4n) is 2.74. The second kappa shape index (κ2) is 10.0. The highest BCUT2D eigenvalue weighted by atomic mass is 31.2. The first-order valence-electron chi connectivity index (χ1n) is 9.22. The average Bonchev–Trinajstić information content (AvgIpc) is 2.61. The molecule has 0 aliphatic carbocycles. The third-order valence-electron chi connectivity index (χ3n) is 3.81. The molecule has 0 bridgehead atoms. The number of ether oxygens (including phenoxy) is 1. The molecule has 0 aliphatic heterocycles. The van der Waals surface area contributed by atoms with Crippen LogP contribution in [0.5, 0.6) is 5.75 Å². The maximum absolute atomic E-state index is 13.8. The van der Waals surface area contributed by atoms with E-state index in [0.29, 0.717) is 6.54 Å². The summed E-state index contributed by atoms with van der Waals surface area (Å²) in [5, 5.41) is 3.39. The minimum atomic E-state index is -3.48. The minimum absolute atomic E-state index is 0.228. The van der Waals surface area contributed by atoms with Crippen molar-refractivity contribution in [2.24, 2.45) is 0 Å². The summed E-state index contributed by atoms with van der Waals surface area (Å²) in [6, 6.07) is 17.5. The van der Waals surface area contributed by atoms with Crippen molar-refractivity contribution in [2.45, 2.75) is 52.2 Å². The van der Waals surface area contributed by atoms with E-state index < -0.39 is 13.4 Å². The number of methoxy groups -OCH3 is 1. The standard InChI is InChI=1S/C21H30NO4P/c1-16(2)25-27(23,26-17(3)4)21(19-11-13-20(24-5)14-12-19)22-15-18-9-7-6-8-10-18/h6-14,16-17,21-22H,15H2,1-5H3/t21-/m1/s1. The van der Waals surface area contributed by atoms with Crippen molar-refractivity contribution >= 4 is 7.60 Å². The maximum atomic E-state index is 13.8. The van der Waals surface area contributed by atoms with E-state index in [1.54, 1.807) is 7.11 Å². The van der Waals surface area contributed by atoms with Gasteiger partial charge in [-0.2, -0.15) is 0 Å². The van der Waals surface area contributed by atoms with E-state index in [1.165, 1.54) is 0 Å². The number of hydrogen-bond acceptors (Lipinski definition) is 5. The van der Waals surface area contributed by atoms with E-state index in [1.807, 2.05) is 82.3 Å². The largest absolute Gasteiger partial charge is 0.497 e. The maximum Gasteiger partial charge on any atom is 0.352 e. The molecule has 5 nitrogen and oxygen atoms in total. The molecule has 0 radical (unpaired) electrons. The Morgan fingerprint density at radius 2 is 1.44 bits per heavy atom. The zero-order valence-corrected chi connectivity index (χ0v) is 17.6. The molecular formula is C21H30NO4P. The SMILES string of the molecule is COc1ccc([C@H](NCc2ccccc2)P(=O)(OC(C)C)OC(C)C)cc1. The molecule has 0 spiro atoms. The van der Waals surface area contributed by atoms with Crippen LogP contribution in [0.4, 0.5) is 0 Å². The van der Waals surface area contributed by atoms with E-state index >= 15 is 0 Å². The van der Waals surface area contributed by atoms with Crippen LogP contribution in [0, 0.1) is 0 Å². The van der Waals surface area contributed by atoms with E-state index in [-0.39, 0.29) is 12.2 Å². The lowest BCUT2D eigenvalue weighted by Gasteiger charge is -2.31. The molecule has 148 valence electrons. The Hall–Kier alpha value is -1.65. The Morgan fingerprint density at radius 1 is 0.889 bits per heavy atom. The zero-order valence-electron chi connectivity index (χ0n) is 16.7. The first-order valence-corrected chi connectivity index (χ1v) is 10.8. The highest BCUT2D eigenvalue weighted by Crippen LogP contribution is 2.61. The summed E-state index contributed by atoms with van der Waals surface area (Å²) in [7, 11) is -1.86. The Balaban J connectivity index is 2.36. The van der Waals surface area contributed by atoms with Gasteiger partial charge >= 0.3 is 7.60 Å². The third kappa shape index (κ3) is 6.47. The normalized spacial score (nSPS) is 13.1. The van der Waals surface area contributed by atoms with Gasteiger partial charge in [0.2, 0.25) is 0 Å². The molecule has 2 aromatic carbocycles. The zero-order chi connectivity index (χ0) is 19.9. The van der Waals surface area contributed by atoms with Crippen LogP contribution in [-0.2, 0) is 20.2 Å². The highest BCUT2D eigenvalue weighted by Gasteiger charge is 2.39.